The molecule has 2 aliphatic heterocycles. The zero-order valence-corrected chi connectivity index (χ0v) is 29.3. The van der Waals surface area contributed by atoms with Crippen LogP contribution in [0.3, 0.4) is 0 Å². The molecular weight excluding hydrogens is 596 g/mol. The van der Waals surface area contributed by atoms with Gasteiger partial charge in [0.05, 0.1) is 5.41 Å². The Labute approximate surface area is 286 Å². The molecule has 2 aromatic rings. The lowest BCUT2D eigenvalue weighted by molar-refractivity contribution is -0.438. The first-order valence-corrected chi connectivity index (χ1v) is 17.8. The molecule has 0 spiro atoms. The summed E-state index contributed by atoms with van der Waals surface area (Å²) in [5, 5.41) is 18.1. The summed E-state index contributed by atoms with van der Waals surface area (Å²) in [6, 6.07) is 17.4. The van der Waals surface area contributed by atoms with Crippen LogP contribution in [0.5, 0.6) is 0 Å². The number of fused-ring (bicyclic) bond motifs is 2. The normalized spacial score (nSPS) is 19.7. The van der Waals surface area contributed by atoms with Crippen LogP contribution in [0.2, 0.25) is 0 Å². The van der Waals surface area contributed by atoms with Crippen LogP contribution in [-0.4, -0.2) is 45.5 Å². The SMILES string of the molecule is CC1(C)C(/C=C/C2=CC(=C/C=C3/N(CCCCCC(=O)O)c4ccccc4C3(C)C)/CCC2)=[N+](CCCCCC(=O)O)c2ccccc21. The van der Waals surface area contributed by atoms with Crippen molar-refractivity contribution >= 4 is 29.0 Å². The Kier molecular flexibility index (Phi) is 11.2. The van der Waals surface area contributed by atoms with E-state index in [0.717, 1.165) is 58.0 Å². The fraction of sp³-hybridized carbons (Fsp3) is 0.452. The lowest BCUT2D eigenvalue weighted by atomic mass is 9.81. The number of rotatable bonds is 15. The first kappa shape index (κ1) is 35.1. The number of hydrogen-bond donors (Lipinski definition) is 2. The molecule has 2 heterocycles. The van der Waals surface area contributed by atoms with Crippen LogP contribution < -0.4 is 4.90 Å². The number of hydrogen-bond acceptors (Lipinski definition) is 3. The number of anilines is 1. The summed E-state index contributed by atoms with van der Waals surface area (Å²) in [5.41, 5.74) is 10.2. The number of benzene rings is 2. The maximum atomic E-state index is 11.0. The van der Waals surface area contributed by atoms with Crippen molar-refractivity contribution in [3.05, 3.63) is 107 Å². The molecule has 0 radical (unpaired) electrons. The van der Waals surface area contributed by atoms with Crippen molar-refractivity contribution < 1.29 is 24.4 Å². The summed E-state index contributed by atoms with van der Waals surface area (Å²) < 4.78 is 2.45. The van der Waals surface area contributed by atoms with E-state index in [2.05, 4.69) is 116 Å². The number of aliphatic carboxylic acids is 2. The predicted octanol–water partition coefficient (Wildman–Crippen LogP) is 9.63. The van der Waals surface area contributed by atoms with Crippen molar-refractivity contribution in [1.82, 2.24) is 0 Å². The van der Waals surface area contributed by atoms with Gasteiger partial charge in [-0.15, -0.1) is 0 Å². The van der Waals surface area contributed by atoms with Gasteiger partial charge in [-0.3, -0.25) is 9.59 Å². The highest BCUT2D eigenvalue weighted by molar-refractivity contribution is 6.03. The number of allylic oxidation sites excluding steroid dienone is 8. The fourth-order valence-electron chi connectivity index (χ4n) is 7.72. The lowest BCUT2D eigenvalue weighted by Gasteiger charge is -2.27. The average Bonchev–Trinajstić information content (AvgIpc) is 3.40. The second-order valence-corrected chi connectivity index (χ2v) is 14.6. The van der Waals surface area contributed by atoms with Crippen molar-refractivity contribution in [2.75, 3.05) is 18.0 Å². The Morgan fingerprint density at radius 3 is 2.17 bits per heavy atom. The second-order valence-electron chi connectivity index (χ2n) is 14.6. The zero-order valence-electron chi connectivity index (χ0n) is 29.3. The topological polar surface area (TPSA) is 80.9 Å². The molecule has 6 heteroatoms. The third kappa shape index (κ3) is 7.91. The Morgan fingerprint density at radius 1 is 0.771 bits per heavy atom. The number of carboxylic acid groups (broad SMARTS) is 2. The molecule has 48 heavy (non-hydrogen) atoms. The first-order chi connectivity index (χ1) is 23.0. The first-order valence-electron chi connectivity index (χ1n) is 17.8. The lowest BCUT2D eigenvalue weighted by Crippen LogP contribution is -2.28. The van der Waals surface area contributed by atoms with E-state index in [1.54, 1.807) is 0 Å². The van der Waals surface area contributed by atoms with E-state index >= 15 is 0 Å². The van der Waals surface area contributed by atoms with Crippen LogP contribution in [0.4, 0.5) is 11.4 Å². The third-order valence-electron chi connectivity index (χ3n) is 10.4. The Morgan fingerprint density at radius 2 is 1.44 bits per heavy atom. The van der Waals surface area contributed by atoms with Crippen molar-refractivity contribution in [3.63, 3.8) is 0 Å². The highest BCUT2D eigenvalue weighted by atomic mass is 16.4. The minimum Gasteiger partial charge on any atom is -0.481 e. The van der Waals surface area contributed by atoms with E-state index < -0.39 is 11.9 Å². The summed E-state index contributed by atoms with van der Waals surface area (Å²) in [6.07, 6.45) is 20.5. The van der Waals surface area contributed by atoms with Crippen molar-refractivity contribution in [1.29, 1.82) is 0 Å². The molecule has 254 valence electrons. The van der Waals surface area contributed by atoms with Crippen molar-refractivity contribution in [3.8, 4) is 0 Å². The van der Waals surface area contributed by atoms with Crippen molar-refractivity contribution in [2.24, 2.45) is 0 Å². The molecule has 2 aromatic carbocycles. The summed E-state index contributed by atoms with van der Waals surface area (Å²) in [5.74, 6) is -1.44. The van der Waals surface area contributed by atoms with E-state index in [9.17, 15) is 9.59 Å². The quantitative estimate of drug-likeness (QED) is 0.148. The van der Waals surface area contributed by atoms with Crippen LogP contribution in [0, 0.1) is 0 Å². The largest absolute Gasteiger partial charge is 0.481 e. The maximum absolute atomic E-state index is 11.0. The van der Waals surface area contributed by atoms with Gasteiger partial charge in [0.25, 0.3) is 0 Å². The molecule has 1 aliphatic carbocycles. The molecule has 0 saturated heterocycles. The minimum atomic E-state index is -0.720. The highest BCUT2D eigenvalue weighted by Gasteiger charge is 2.44. The van der Waals surface area contributed by atoms with Gasteiger partial charge in [-0.25, -0.2) is 0 Å². The van der Waals surface area contributed by atoms with Crippen LogP contribution in [0.25, 0.3) is 0 Å². The monoisotopic (exact) mass is 649 g/mol. The van der Waals surface area contributed by atoms with E-state index in [1.807, 2.05) is 0 Å². The van der Waals surface area contributed by atoms with Gasteiger partial charge in [-0.1, -0.05) is 74.9 Å². The van der Waals surface area contributed by atoms with Crippen LogP contribution >= 0.6 is 0 Å². The van der Waals surface area contributed by atoms with E-state index in [-0.39, 0.29) is 23.7 Å². The second kappa shape index (κ2) is 15.4. The summed E-state index contributed by atoms with van der Waals surface area (Å²) >= 11 is 0. The molecule has 0 saturated carbocycles. The summed E-state index contributed by atoms with van der Waals surface area (Å²) in [7, 11) is 0. The van der Waals surface area contributed by atoms with Gasteiger partial charge in [0.15, 0.2) is 5.71 Å². The van der Waals surface area contributed by atoms with Crippen molar-refractivity contribution in [2.45, 2.75) is 109 Å². The van der Waals surface area contributed by atoms with Gasteiger partial charge in [0.1, 0.15) is 6.54 Å². The van der Waals surface area contributed by atoms with Gasteiger partial charge in [-0.2, -0.15) is 4.58 Å². The zero-order chi connectivity index (χ0) is 34.3. The standard InChI is InChI=1S/C42H52N2O4/c1-41(2)33-18-9-11-20-35(33)43(28-13-5-7-22-39(45)46)37(41)26-24-31-16-15-17-32(30-31)25-27-38-42(3,4)34-19-10-12-21-36(34)44(38)29-14-6-8-23-40(47)48/h9-12,18-21,24-27,30H,5-8,13-17,22-23,28-29H2,1-4H3,(H-,45,46,47,48)/p+1. The Bertz CT molecular complexity index is 1670. The molecule has 2 N–H and O–H groups in total. The number of unbranched alkanes of at least 4 members (excludes halogenated alkanes) is 4. The molecule has 6 nitrogen and oxygen atoms in total. The number of nitrogens with zero attached hydrogens (tertiary/aromatic N) is 2. The predicted molar refractivity (Wildman–Crippen MR) is 196 cm³/mol. The number of carbonyl (C=O) groups is 2. The van der Waals surface area contributed by atoms with Crippen LogP contribution in [0.15, 0.2) is 95.8 Å². The Balaban J connectivity index is 1.37. The molecule has 0 bridgehead atoms. The van der Waals surface area contributed by atoms with Gasteiger partial charge >= 0.3 is 11.9 Å². The summed E-state index contributed by atoms with van der Waals surface area (Å²) in [4.78, 5) is 24.4. The van der Waals surface area contributed by atoms with E-state index in [4.69, 9.17) is 10.2 Å². The molecule has 0 aromatic heterocycles. The molecule has 0 amide bonds. The van der Waals surface area contributed by atoms with E-state index in [0.29, 0.717) is 12.8 Å². The van der Waals surface area contributed by atoms with Gasteiger partial charge in [0.2, 0.25) is 5.69 Å². The van der Waals surface area contributed by atoms with Gasteiger partial charge in [0, 0.05) is 60.3 Å². The molecule has 5 rings (SSSR count). The third-order valence-corrected chi connectivity index (χ3v) is 10.4. The van der Waals surface area contributed by atoms with Crippen LogP contribution in [0.1, 0.15) is 109 Å². The summed E-state index contributed by atoms with van der Waals surface area (Å²) in [6.45, 7) is 11.0. The number of para-hydroxylation sites is 2. The fourth-order valence-corrected chi connectivity index (χ4v) is 7.72. The molecule has 0 unspecified atom stereocenters. The average molecular weight is 650 g/mol. The molecule has 0 atom stereocenters. The molecule has 0 fully saturated rings. The van der Waals surface area contributed by atoms with E-state index in [1.165, 1.54) is 45.1 Å². The molecule has 3 aliphatic rings. The van der Waals surface area contributed by atoms with Crippen LogP contribution in [-0.2, 0) is 20.4 Å². The Hall–Kier alpha value is -4.19. The van der Waals surface area contributed by atoms with Gasteiger partial charge < -0.3 is 15.1 Å². The maximum Gasteiger partial charge on any atom is 0.303 e. The minimum absolute atomic E-state index is 0.118. The molecular formula is C42H53N2O4+. The highest BCUT2D eigenvalue weighted by Crippen LogP contribution is 2.48. The number of carboxylic acids is 2. The van der Waals surface area contributed by atoms with Gasteiger partial charge in [-0.05, 0) is 87.6 Å². The smallest absolute Gasteiger partial charge is 0.303 e.